The summed E-state index contributed by atoms with van der Waals surface area (Å²) in [5.74, 6) is -0.819. The zero-order chi connectivity index (χ0) is 26.2. The SMILES string of the molecule is COC(=O)[C@@H](Cc1cc2ccnc(N)c2cc1Cl)N1CC[C@H](NS(=O)(=O)c2cnc(N(C)C)s2)C1=O. The van der Waals surface area contributed by atoms with Gasteiger partial charge in [-0.15, -0.1) is 0 Å². The number of methoxy groups -OCH3 is 1. The van der Waals surface area contributed by atoms with Gasteiger partial charge in [0.05, 0.1) is 13.3 Å². The number of hydrogen-bond acceptors (Lipinski definition) is 10. The molecule has 1 aliphatic rings. The van der Waals surface area contributed by atoms with Crippen molar-refractivity contribution in [1.82, 2.24) is 19.6 Å². The van der Waals surface area contributed by atoms with Crippen molar-refractivity contribution in [3.63, 3.8) is 0 Å². The molecule has 1 fully saturated rings. The number of ether oxygens (including phenoxy) is 1. The maximum Gasteiger partial charge on any atom is 0.328 e. The second-order valence-corrected chi connectivity index (χ2v) is 11.8. The number of pyridine rings is 1. The van der Waals surface area contributed by atoms with Crippen LogP contribution in [0.5, 0.6) is 0 Å². The number of nitrogen functional groups attached to an aromatic ring is 1. The molecule has 0 saturated carbocycles. The lowest BCUT2D eigenvalue weighted by atomic mass is 10.0. The fourth-order valence-electron chi connectivity index (χ4n) is 4.03. The Labute approximate surface area is 217 Å². The number of thiazole rings is 1. The van der Waals surface area contributed by atoms with E-state index in [4.69, 9.17) is 22.1 Å². The molecule has 192 valence electrons. The van der Waals surface area contributed by atoms with Crippen LogP contribution < -0.4 is 15.4 Å². The number of carbonyl (C=O) groups excluding carboxylic acids is 2. The van der Waals surface area contributed by atoms with E-state index in [0.717, 1.165) is 16.7 Å². The van der Waals surface area contributed by atoms with Crippen molar-refractivity contribution in [2.45, 2.75) is 29.1 Å². The van der Waals surface area contributed by atoms with Crippen LogP contribution in [0.15, 0.2) is 34.8 Å². The van der Waals surface area contributed by atoms with Gasteiger partial charge in [-0.2, -0.15) is 4.72 Å². The minimum atomic E-state index is -3.98. The smallest absolute Gasteiger partial charge is 0.328 e. The number of hydrogen-bond donors (Lipinski definition) is 2. The first-order valence-corrected chi connectivity index (χ1v) is 13.6. The van der Waals surface area contributed by atoms with Gasteiger partial charge in [-0.1, -0.05) is 22.9 Å². The van der Waals surface area contributed by atoms with Crippen LogP contribution >= 0.6 is 22.9 Å². The third kappa shape index (κ3) is 5.09. The summed E-state index contributed by atoms with van der Waals surface area (Å²) in [6.45, 7) is 0.166. The third-order valence-electron chi connectivity index (χ3n) is 5.88. The number of nitrogens with two attached hydrogens (primary N) is 1. The van der Waals surface area contributed by atoms with Gasteiger partial charge in [-0.05, 0) is 35.6 Å². The Bertz CT molecular complexity index is 1430. The van der Waals surface area contributed by atoms with Gasteiger partial charge in [0.1, 0.15) is 17.9 Å². The molecule has 4 rings (SSSR count). The molecule has 3 heterocycles. The normalized spacial score (nSPS) is 16.9. The number of esters is 1. The molecule has 1 amide bonds. The molecule has 0 radical (unpaired) electrons. The van der Waals surface area contributed by atoms with E-state index in [1.807, 2.05) is 0 Å². The fourth-order valence-corrected chi connectivity index (χ4v) is 6.56. The number of nitrogens with one attached hydrogen (secondary N) is 1. The van der Waals surface area contributed by atoms with Gasteiger partial charge in [-0.25, -0.2) is 23.2 Å². The van der Waals surface area contributed by atoms with Gasteiger partial charge in [0.15, 0.2) is 9.34 Å². The molecule has 2 aromatic heterocycles. The standard InChI is InChI=1S/C22H25ClN6O5S2/c1-28(2)22-26-11-18(35-22)36(32,33)27-16-5-7-29(20(16)30)17(21(31)34-3)9-13-8-12-4-6-25-19(24)14(12)10-15(13)23/h4,6,8,10-11,16-17,27H,5,7,9H2,1-3H3,(H2,24,25)/t16-,17+/m0/s1. The molecule has 0 unspecified atom stereocenters. The molecule has 36 heavy (non-hydrogen) atoms. The van der Waals surface area contributed by atoms with Gasteiger partial charge < -0.3 is 20.3 Å². The number of amides is 1. The zero-order valence-corrected chi connectivity index (χ0v) is 22.2. The number of fused-ring (bicyclic) bond motifs is 1. The van der Waals surface area contributed by atoms with Crippen molar-refractivity contribution in [3.8, 4) is 0 Å². The number of anilines is 2. The largest absolute Gasteiger partial charge is 0.467 e. The van der Waals surface area contributed by atoms with Crippen LogP contribution in [0.4, 0.5) is 10.9 Å². The van der Waals surface area contributed by atoms with E-state index in [0.29, 0.717) is 26.9 Å². The highest BCUT2D eigenvalue weighted by Gasteiger charge is 2.41. The topological polar surface area (TPSA) is 148 Å². The molecular weight excluding hydrogens is 528 g/mol. The van der Waals surface area contributed by atoms with E-state index < -0.39 is 34.0 Å². The molecule has 3 N–H and O–H groups in total. The molecule has 14 heteroatoms. The number of rotatable bonds is 8. The number of likely N-dealkylation sites (tertiary alicyclic amines) is 1. The quantitative estimate of drug-likeness (QED) is 0.398. The van der Waals surface area contributed by atoms with Crippen LogP contribution in [-0.2, 0) is 30.8 Å². The van der Waals surface area contributed by atoms with Crippen LogP contribution in [0.1, 0.15) is 12.0 Å². The maximum atomic E-state index is 13.2. The van der Waals surface area contributed by atoms with Gasteiger partial charge in [-0.3, -0.25) is 4.79 Å². The van der Waals surface area contributed by atoms with Crippen LogP contribution in [0.2, 0.25) is 5.02 Å². The van der Waals surface area contributed by atoms with E-state index in [9.17, 15) is 18.0 Å². The molecule has 0 aliphatic carbocycles. The van der Waals surface area contributed by atoms with Gasteiger partial charge >= 0.3 is 5.97 Å². The minimum Gasteiger partial charge on any atom is -0.467 e. The summed E-state index contributed by atoms with van der Waals surface area (Å²) in [7, 11) is 0.754. The van der Waals surface area contributed by atoms with Crippen LogP contribution in [-0.4, -0.2) is 75.0 Å². The summed E-state index contributed by atoms with van der Waals surface area (Å²) in [4.78, 5) is 37.1. The van der Waals surface area contributed by atoms with Crippen molar-refractivity contribution < 1.29 is 22.7 Å². The van der Waals surface area contributed by atoms with E-state index in [1.54, 1.807) is 43.4 Å². The monoisotopic (exact) mass is 552 g/mol. The number of aromatic nitrogens is 2. The van der Waals surface area contributed by atoms with E-state index in [1.165, 1.54) is 18.2 Å². The number of benzene rings is 1. The Morgan fingerprint density at radius 3 is 2.81 bits per heavy atom. The number of carbonyl (C=O) groups is 2. The zero-order valence-electron chi connectivity index (χ0n) is 19.8. The second-order valence-electron chi connectivity index (χ2n) is 8.45. The molecule has 0 bridgehead atoms. The molecule has 1 aliphatic heterocycles. The molecule has 3 aromatic rings. The van der Waals surface area contributed by atoms with Gasteiger partial charge in [0, 0.05) is 43.7 Å². The lowest BCUT2D eigenvalue weighted by Crippen LogP contribution is -2.48. The predicted octanol–water partition coefficient (Wildman–Crippen LogP) is 1.66. The molecule has 1 aromatic carbocycles. The summed E-state index contributed by atoms with van der Waals surface area (Å²) < 4.78 is 33.2. The first-order valence-electron chi connectivity index (χ1n) is 10.9. The lowest BCUT2D eigenvalue weighted by molar-refractivity contribution is -0.151. The minimum absolute atomic E-state index is 0.00123. The Kier molecular flexibility index (Phi) is 7.36. The summed E-state index contributed by atoms with van der Waals surface area (Å²) in [6, 6.07) is 3.22. The van der Waals surface area contributed by atoms with Crippen molar-refractivity contribution in [3.05, 3.63) is 41.2 Å². The number of nitrogens with zero attached hydrogens (tertiary/aromatic N) is 4. The Hall–Kier alpha value is -3.00. The first kappa shape index (κ1) is 26.1. The summed E-state index contributed by atoms with van der Waals surface area (Å²) in [5.41, 5.74) is 6.54. The molecular formula is C22H25ClN6O5S2. The van der Waals surface area contributed by atoms with Crippen molar-refractivity contribution in [1.29, 1.82) is 0 Å². The average Bonchev–Trinajstić information content (AvgIpc) is 3.46. The maximum absolute atomic E-state index is 13.2. The first-order chi connectivity index (χ1) is 17.0. The van der Waals surface area contributed by atoms with Crippen molar-refractivity contribution in [2.24, 2.45) is 0 Å². The summed E-state index contributed by atoms with van der Waals surface area (Å²) in [5, 5.41) is 2.34. The lowest BCUT2D eigenvalue weighted by Gasteiger charge is -2.26. The van der Waals surface area contributed by atoms with Gasteiger partial charge in [0.2, 0.25) is 5.91 Å². The Morgan fingerprint density at radius 2 is 2.14 bits per heavy atom. The van der Waals surface area contributed by atoms with E-state index in [-0.39, 0.29) is 23.6 Å². The highest BCUT2D eigenvalue weighted by atomic mass is 35.5. The molecule has 1 saturated heterocycles. The van der Waals surface area contributed by atoms with E-state index >= 15 is 0 Å². The van der Waals surface area contributed by atoms with Crippen LogP contribution in [0.3, 0.4) is 0 Å². The second kappa shape index (κ2) is 10.2. The highest BCUT2D eigenvalue weighted by Crippen LogP contribution is 2.30. The Balaban J connectivity index is 1.56. The molecule has 11 nitrogen and oxygen atoms in total. The third-order valence-corrected chi connectivity index (χ3v) is 9.33. The van der Waals surface area contributed by atoms with Crippen LogP contribution in [0, 0.1) is 0 Å². The summed E-state index contributed by atoms with van der Waals surface area (Å²) in [6.07, 6.45) is 3.09. The predicted molar refractivity (Wildman–Crippen MR) is 138 cm³/mol. The molecule has 0 spiro atoms. The van der Waals surface area contributed by atoms with Crippen molar-refractivity contribution in [2.75, 3.05) is 38.4 Å². The average molecular weight is 553 g/mol. The fraction of sp³-hybridized carbons (Fsp3) is 0.364. The Morgan fingerprint density at radius 1 is 1.39 bits per heavy atom. The highest BCUT2D eigenvalue weighted by molar-refractivity contribution is 7.91. The van der Waals surface area contributed by atoms with E-state index in [2.05, 4.69) is 14.7 Å². The number of sulfonamides is 1. The summed E-state index contributed by atoms with van der Waals surface area (Å²) >= 11 is 7.47. The molecule has 2 atom stereocenters. The van der Waals surface area contributed by atoms with Crippen LogP contribution in [0.25, 0.3) is 10.8 Å². The number of halogens is 1. The van der Waals surface area contributed by atoms with Gasteiger partial charge in [0.25, 0.3) is 10.0 Å². The van der Waals surface area contributed by atoms with Crippen molar-refractivity contribution >= 4 is 66.6 Å².